The summed E-state index contributed by atoms with van der Waals surface area (Å²) in [5, 5.41) is 0. The van der Waals surface area contributed by atoms with Crippen molar-refractivity contribution in [2.24, 2.45) is 0 Å². The van der Waals surface area contributed by atoms with Gasteiger partial charge in [0.15, 0.2) is 0 Å². The van der Waals surface area contributed by atoms with Crippen molar-refractivity contribution in [2.45, 2.75) is 25.2 Å². The summed E-state index contributed by atoms with van der Waals surface area (Å²) >= 11 is 0. The highest BCUT2D eigenvalue weighted by Gasteiger charge is 2.27. The van der Waals surface area contributed by atoms with E-state index in [0.717, 1.165) is 24.8 Å². The van der Waals surface area contributed by atoms with Crippen LogP contribution in [0.15, 0.2) is 54.6 Å². The first-order valence-electron chi connectivity index (χ1n) is 7.61. The molecule has 3 rings (SSSR count). The normalized spacial score (nSPS) is 16.3. The van der Waals surface area contributed by atoms with Crippen LogP contribution >= 0.6 is 0 Å². The van der Waals surface area contributed by atoms with Gasteiger partial charge in [0.25, 0.3) is 10.1 Å². The van der Waals surface area contributed by atoms with E-state index in [9.17, 15) is 13.2 Å². The number of carbonyl (C=O) groups is 1. The lowest BCUT2D eigenvalue weighted by atomic mass is 9.83. The Kier molecular flexibility index (Phi) is 6.11. The van der Waals surface area contributed by atoms with Crippen molar-refractivity contribution in [3.63, 3.8) is 0 Å². The topological polar surface area (TPSA) is 80.7 Å². The van der Waals surface area contributed by atoms with E-state index < -0.39 is 10.1 Å². The van der Waals surface area contributed by atoms with Crippen LogP contribution in [0.3, 0.4) is 0 Å². The highest BCUT2D eigenvalue weighted by molar-refractivity contribution is 7.85. The van der Waals surface area contributed by atoms with E-state index in [2.05, 4.69) is 6.07 Å². The van der Waals surface area contributed by atoms with Gasteiger partial charge in [-0.05, 0) is 42.5 Å². The fourth-order valence-electron chi connectivity index (χ4n) is 2.67. The van der Waals surface area contributed by atoms with Gasteiger partial charge < -0.3 is 4.74 Å². The van der Waals surface area contributed by atoms with Crippen molar-refractivity contribution < 1.29 is 22.5 Å². The van der Waals surface area contributed by atoms with Gasteiger partial charge in [0.2, 0.25) is 0 Å². The molecule has 5 nitrogen and oxygen atoms in total. The molecule has 0 aliphatic heterocycles. The standard InChI is InChI=1S/C17H16O2.CH4O3S/c18-17(19-14-9-2-1-3-10-14)16-12-6-8-13-7-4-5-11-15(13)16;1-5(2,3)4/h1-5,7,9-11,16H,6,8,12H2;1H3,(H,2,3,4). The minimum atomic E-state index is -3.67. The summed E-state index contributed by atoms with van der Waals surface area (Å²) < 4.78 is 31.3. The number of para-hydroxylation sites is 1. The highest BCUT2D eigenvalue weighted by Crippen LogP contribution is 2.32. The first-order chi connectivity index (χ1) is 11.3. The molecule has 0 bridgehead atoms. The summed E-state index contributed by atoms with van der Waals surface area (Å²) in [4.78, 5) is 12.3. The number of aryl methyl sites for hydroxylation is 1. The fraction of sp³-hybridized carbons (Fsp3) is 0.278. The zero-order valence-electron chi connectivity index (χ0n) is 13.4. The van der Waals surface area contributed by atoms with Crippen molar-refractivity contribution in [3.8, 4) is 5.75 Å². The number of hydrogen-bond acceptors (Lipinski definition) is 4. The quantitative estimate of drug-likeness (QED) is 0.512. The zero-order valence-corrected chi connectivity index (χ0v) is 14.2. The van der Waals surface area contributed by atoms with E-state index in [0.29, 0.717) is 12.0 Å². The average molecular weight is 348 g/mol. The van der Waals surface area contributed by atoms with Gasteiger partial charge in [0, 0.05) is 0 Å². The van der Waals surface area contributed by atoms with Crippen LogP contribution in [0.1, 0.15) is 29.9 Å². The molecule has 0 heterocycles. The summed E-state index contributed by atoms with van der Waals surface area (Å²) in [5.41, 5.74) is 2.42. The number of carbonyl (C=O) groups excluding carboxylic acids is 1. The molecular weight excluding hydrogens is 328 g/mol. The van der Waals surface area contributed by atoms with Crippen molar-refractivity contribution in [3.05, 3.63) is 65.7 Å². The summed E-state index contributed by atoms with van der Waals surface area (Å²) in [6.45, 7) is 0. The van der Waals surface area contributed by atoms with Crippen LogP contribution in [0.25, 0.3) is 0 Å². The lowest BCUT2D eigenvalue weighted by Gasteiger charge is -2.23. The van der Waals surface area contributed by atoms with E-state index in [4.69, 9.17) is 9.29 Å². The van der Waals surface area contributed by atoms with Gasteiger partial charge in [0.05, 0.1) is 12.2 Å². The van der Waals surface area contributed by atoms with Gasteiger partial charge in [0.1, 0.15) is 5.75 Å². The predicted octanol–water partition coefficient (Wildman–Crippen LogP) is 3.22. The van der Waals surface area contributed by atoms with Crippen LogP contribution in [0.2, 0.25) is 0 Å². The number of benzene rings is 2. The van der Waals surface area contributed by atoms with Gasteiger partial charge in [-0.1, -0.05) is 42.5 Å². The molecule has 0 amide bonds. The molecule has 6 heteroatoms. The van der Waals surface area contributed by atoms with E-state index in [-0.39, 0.29) is 11.9 Å². The number of ether oxygens (including phenoxy) is 1. The molecule has 1 aliphatic rings. The minimum absolute atomic E-state index is 0.120. The fourth-order valence-corrected chi connectivity index (χ4v) is 2.67. The summed E-state index contributed by atoms with van der Waals surface area (Å²) in [7, 11) is -3.67. The van der Waals surface area contributed by atoms with Crippen molar-refractivity contribution in [1.29, 1.82) is 0 Å². The molecule has 0 saturated heterocycles. The Morgan fingerprint density at radius 1 is 1.08 bits per heavy atom. The molecule has 0 radical (unpaired) electrons. The van der Waals surface area contributed by atoms with Crippen LogP contribution in [-0.4, -0.2) is 25.2 Å². The molecule has 0 spiro atoms. The van der Waals surface area contributed by atoms with Gasteiger partial charge in [-0.15, -0.1) is 0 Å². The number of hydrogen-bond donors (Lipinski definition) is 1. The minimum Gasteiger partial charge on any atom is -0.426 e. The van der Waals surface area contributed by atoms with Crippen LogP contribution in [0.5, 0.6) is 5.75 Å². The highest BCUT2D eigenvalue weighted by atomic mass is 32.2. The van der Waals surface area contributed by atoms with Gasteiger partial charge in [-0.25, -0.2) is 0 Å². The van der Waals surface area contributed by atoms with Crippen molar-refractivity contribution in [2.75, 3.05) is 6.26 Å². The monoisotopic (exact) mass is 348 g/mol. The van der Waals surface area contributed by atoms with Gasteiger partial charge in [-0.2, -0.15) is 8.42 Å². The molecule has 0 saturated carbocycles. The molecule has 0 aromatic heterocycles. The first-order valence-corrected chi connectivity index (χ1v) is 9.46. The van der Waals surface area contributed by atoms with E-state index >= 15 is 0 Å². The first kappa shape index (κ1) is 18.2. The molecule has 1 atom stereocenters. The molecule has 2 aromatic rings. The smallest absolute Gasteiger partial charge is 0.318 e. The predicted molar refractivity (Wildman–Crippen MR) is 91.7 cm³/mol. The molecule has 128 valence electrons. The lowest BCUT2D eigenvalue weighted by molar-refractivity contribution is -0.136. The van der Waals surface area contributed by atoms with Gasteiger partial charge in [-0.3, -0.25) is 9.35 Å². The maximum Gasteiger partial charge on any atom is 0.318 e. The Morgan fingerprint density at radius 3 is 2.33 bits per heavy atom. The molecular formula is C18H20O5S. The molecule has 1 unspecified atom stereocenters. The Bertz CT molecular complexity index is 776. The Balaban J connectivity index is 0.000000368. The third kappa shape index (κ3) is 5.79. The third-order valence-electron chi connectivity index (χ3n) is 3.62. The molecule has 1 N–H and O–H groups in total. The Hall–Kier alpha value is -2.18. The molecule has 2 aromatic carbocycles. The number of esters is 1. The second kappa shape index (κ2) is 8.08. The Labute approximate surface area is 142 Å². The Morgan fingerprint density at radius 2 is 1.67 bits per heavy atom. The van der Waals surface area contributed by atoms with E-state index in [1.807, 2.05) is 48.5 Å². The zero-order chi connectivity index (χ0) is 17.6. The van der Waals surface area contributed by atoms with Crippen molar-refractivity contribution in [1.82, 2.24) is 0 Å². The molecule has 0 fully saturated rings. The maximum absolute atomic E-state index is 12.3. The number of rotatable bonds is 2. The van der Waals surface area contributed by atoms with Crippen molar-refractivity contribution >= 4 is 16.1 Å². The average Bonchev–Trinajstić information content (AvgIpc) is 2.53. The molecule has 24 heavy (non-hydrogen) atoms. The molecule has 1 aliphatic carbocycles. The van der Waals surface area contributed by atoms with Crippen LogP contribution in [0, 0.1) is 0 Å². The summed E-state index contributed by atoms with van der Waals surface area (Å²) in [6, 6.07) is 17.5. The van der Waals surface area contributed by atoms with Crippen LogP contribution in [0.4, 0.5) is 0 Å². The third-order valence-corrected chi connectivity index (χ3v) is 3.62. The maximum atomic E-state index is 12.3. The van der Waals surface area contributed by atoms with E-state index in [1.54, 1.807) is 0 Å². The number of fused-ring (bicyclic) bond motifs is 1. The van der Waals surface area contributed by atoms with Gasteiger partial charge >= 0.3 is 5.97 Å². The van der Waals surface area contributed by atoms with Crippen LogP contribution in [-0.2, 0) is 21.3 Å². The lowest BCUT2D eigenvalue weighted by Crippen LogP contribution is -2.22. The second-order valence-corrected chi connectivity index (χ2v) is 7.08. The second-order valence-electron chi connectivity index (χ2n) is 5.61. The summed E-state index contributed by atoms with van der Waals surface area (Å²) in [5.74, 6) is 0.360. The van der Waals surface area contributed by atoms with Crippen LogP contribution < -0.4 is 4.74 Å². The summed E-state index contributed by atoms with van der Waals surface area (Å²) in [6.07, 6.45) is 3.70. The largest absolute Gasteiger partial charge is 0.426 e. The SMILES string of the molecule is CS(=O)(=O)O.O=C(Oc1ccccc1)C1CCCc2ccccc21. The van der Waals surface area contributed by atoms with E-state index in [1.165, 1.54) is 5.56 Å².